The summed E-state index contributed by atoms with van der Waals surface area (Å²) >= 11 is 0. The molecule has 2 fully saturated rings. The van der Waals surface area contributed by atoms with Crippen LogP contribution < -0.4 is 5.32 Å². The number of rotatable bonds is 4. The maximum Gasteiger partial charge on any atom is 0.225 e. The van der Waals surface area contributed by atoms with Crippen molar-refractivity contribution in [1.82, 2.24) is 9.80 Å². The highest BCUT2D eigenvalue weighted by Crippen LogP contribution is 2.29. The van der Waals surface area contributed by atoms with Crippen LogP contribution in [-0.4, -0.2) is 53.5 Å². The smallest absolute Gasteiger partial charge is 0.225 e. The van der Waals surface area contributed by atoms with E-state index in [1.54, 1.807) is 12.1 Å². The number of carbonyl (C=O) groups excluding carboxylic acids is 1. The lowest BCUT2D eigenvalue weighted by molar-refractivity contribution is -0.139. The van der Waals surface area contributed by atoms with Gasteiger partial charge >= 0.3 is 0 Å². The molecule has 0 bridgehead atoms. The lowest BCUT2D eigenvalue weighted by atomic mass is 9.84. The Kier molecular flexibility index (Phi) is 6.17. The summed E-state index contributed by atoms with van der Waals surface area (Å²) in [5, 5.41) is 3.47. The number of nitrogens with one attached hydrogen (secondary N) is 1. The van der Waals surface area contributed by atoms with Gasteiger partial charge in [0.1, 0.15) is 5.82 Å². The average Bonchev–Trinajstić information content (AvgIpc) is 2.63. The van der Waals surface area contributed by atoms with Crippen LogP contribution in [0.4, 0.5) is 10.1 Å². The van der Waals surface area contributed by atoms with E-state index >= 15 is 0 Å². The zero-order chi connectivity index (χ0) is 18.7. The summed E-state index contributed by atoms with van der Waals surface area (Å²) in [6, 6.07) is 7.87. The summed E-state index contributed by atoms with van der Waals surface area (Å²) in [5.74, 6) is 0.302. The van der Waals surface area contributed by atoms with Gasteiger partial charge in [-0.3, -0.25) is 9.69 Å². The Balaban J connectivity index is 1.47. The molecule has 1 atom stereocenters. The summed E-state index contributed by atoms with van der Waals surface area (Å²) in [5.41, 5.74) is 0.958. The Hall–Kier alpha value is -1.62. The third-order valence-electron chi connectivity index (χ3n) is 5.95. The first-order valence-corrected chi connectivity index (χ1v) is 10.0. The fraction of sp³-hybridized carbons (Fsp3) is 0.667. The molecule has 1 saturated carbocycles. The van der Waals surface area contributed by atoms with Crippen molar-refractivity contribution >= 4 is 11.6 Å². The number of halogens is 1. The number of hydrogen-bond acceptors (Lipinski definition) is 3. The minimum atomic E-state index is -0.211. The molecular formula is C21H32FN3O. The van der Waals surface area contributed by atoms with Gasteiger partial charge in [-0.05, 0) is 70.7 Å². The van der Waals surface area contributed by atoms with Gasteiger partial charge in [0.2, 0.25) is 5.91 Å². The van der Waals surface area contributed by atoms with Crippen molar-refractivity contribution in [3.63, 3.8) is 0 Å². The van der Waals surface area contributed by atoms with Crippen molar-refractivity contribution in [3.8, 4) is 0 Å². The largest absolute Gasteiger partial charge is 0.382 e. The predicted octanol–water partition coefficient (Wildman–Crippen LogP) is 3.74. The molecule has 4 nitrogen and oxygen atoms in total. The van der Waals surface area contributed by atoms with Crippen molar-refractivity contribution in [1.29, 1.82) is 0 Å². The van der Waals surface area contributed by atoms with Crippen molar-refractivity contribution in [3.05, 3.63) is 30.1 Å². The molecule has 2 aliphatic rings. The van der Waals surface area contributed by atoms with Crippen LogP contribution >= 0.6 is 0 Å². The quantitative estimate of drug-likeness (QED) is 0.887. The Morgan fingerprint density at radius 1 is 1.12 bits per heavy atom. The van der Waals surface area contributed by atoms with Crippen LogP contribution in [0.15, 0.2) is 24.3 Å². The zero-order valence-electron chi connectivity index (χ0n) is 16.2. The van der Waals surface area contributed by atoms with E-state index in [9.17, 15) is 9.18 Å². The standard InChI is InChI=1S/C21H32FN3O/c1-15(2)25-13-12-24(14-16(25)3)21(26)17-4-8-19(9-5-17)23-20-10-6-18(22)7-11-20/h6-7,10-11,15-17,19,23H,4-5,8-9,12-14H2,1-3H3/t16?,17-,19-. The maximum atomic E-state index is 13.0. The van der Waals surface area contributed by atoms with Crippen LogP contribution in [0.1, 0.15) is 46.5 Å². The molecule has 1 heterocycles. The second-order valence-electron chi connectivity index (χ2n) is 8.16. The van der Waals surface area contributed by atoms with Crippen LogP contribution in [0.2, 0.25) is 0 Å². The number of hydrogen-bond donors (Lipinski definition) is 1. The maximum absolute atomic E-state index is 13.0. The fourth-order valence-corrected chi connectivity index (χ4v) is 4.46. The van der Waals surface area contributed by atoms with Gasteiger partial charge in [-0.1, -0.05) is 0 Å². The molecular weight excluding hydrogens is 329 g/mol. The molecule has 1 aliphatic heterocycles. The van der Waals surface area contributed by atoms with Gasteiger partial charge in [-0.15, -0.1) is 0 Å². The number of nitrogens with zero attached hydrogens (tertiary/aromatic N) is 2. The van der Waals surface area contributed by atoms with Crippen LogP contribution in [-0.2, 0) is 4.79 Å². The van der Waals surface area contributed by atoms with Gasteiger partial charge in [-0.25, -0.2) is 4.39 Å². The second-order valence-corrected chi connectivity index (χ2v) is 8.16. The van der Waals surface area contributed by atoms with Gasteiger partial charge in [0, 0.05) is 49.4 Å². The molecule has 1 N–H and O–H groups in total. The number of piperazine rings is 1. The molecule has 1 aliphatic carbocycles. The molecule has 1 aromatic carbocycles. The van der Waals surface area contributed by atoms with Crippen LogP contribution in [0.25, 0.3) is 0 Å². The number of amides is 1. The minimum Gasteiger partial charge on any atom is -0.382 e. The highest BCUT2D eigenvalue weighted by Gasteiger charge is 2.33. The summed E-state index contributed by atoms with van der Waals surface area (Å²) in [6.07, 6.45) is 3.87. The number of benzene rings is 1. The SMILES string of the molecule is CC(C)N1CCN(C(=O)[C@H]2CC[C@H](Nc3ccc(F)cc3)CC2)CC1C. The highest BCUT2D eigenvalue weighted by atomic mass is 19.1. The Bertz CT molecular complexity index is 596. The molecule has 1 saturated heterocycles. The molecule has 144 valence electrons. The van der Waals surface area contributed by atoms with Crippen molar-refractivity contribution in [2.75, 3.05) is 25.0 Å². The lowest BCUT2D eigenvalue weighted by Crippen LogP contribution is -2.56. The van der Waals surface area contributed by atoms with E-state index in [1.165, 1.54) is 12.1 Å². The minimum absolute atomic E-state index is 0.166. The second kappa shape index (κ2) is 8.38. The van der Waals surface area contributed by atoms with E-state index in [2.05, 4.69) is 35.9 Å². The third-order valence-corrected chi connectivity index (χ3v) is 5.95. The summed E-state index contributed by atoms with van der Waals surface area (Å²) < 4.78 is 13.0. The molecule has 0 radical (unpaired) electrons. The lowest BCUT2D eigenvalue weighted by Gasteiger charge is -2.43. The molecule has 3 rings (SSSR count). The summed E-state index contributed by atoms with van der Waals surface area (Å²) in [7, 11) is 0. The Morgan fingerprint density at radius 2 is 1.77 bits per heavy atom. The van der Waals surface area contributed by atoms with Gasteiger partial charge in [0.25, 0.3) is 0 Å². The molecule has 0 aromatic heterocycles. The van der Waals surface area contributed by atoms with E-state index in [0.29, 0.717) is 24.0 Å². The monoisotopic (exact) mass is 361 g/mol. The van der Waals surface area contributed by atoms with Crippen molar-refractivity contribution < 1.29 is 9.18 Å². The average molecular weight is 362 g/mol. The van der Waals surface area contributed by atoms with E-state index in [1.807, 2.05) is 0 Å². The van der Waals surface area contributed by atoms with Gasteiger partial charge in [-0.2, -0.15) is 0 Å². The first-order chi connectivity index (χ1) is 12.4. The number of anilines is 1. The van der Waals surface area contributed by atoms with Crippen LogP contribution in [0.3, 0.4) is 0 Å². The topological polar surface area (TPSA) is 35.6 Å². The number of carbonyl (C=O) groups is 1. The van der Waals surface area contributed by atoms with E-state index in [4.69, 9.17) is 0 Å². The van der Waals surface area contributed by atoms with Gasteiger partial charge in [0.05, 0.1) is 0 Å². The molecule has 1 unspecified atom stereocenters. The molecule has 26 heavy (non-hydrogen) atoms. The predicted molar refractivity (Wildman–Crippen MR) is 104 cm³/mol. The molecule has 5 heteroatoms. The zero-order valence-corrected chi connectivity index (χ0v) is 16.2. The summed E-state index contributed by atoms with van der Waals surface area (Å²) in [6.45, 7) is 9.36. The third kappa shape index (κ3) is 4.56. The Labute approximate surface area is 156 Å². The van der Waals surface area contributed by atoms with Crippen molar-refractivity contribution in [2.24, 2.45) is 5.92 Å². The van der Waals surface area contributed by atoms with E-state index in [0.717, 1.165) is 51.0 Å². The normalized spacial score (nSPS) is 27.6. The van der Waals surface area contributed by atoms with Gasteiger partial charge < -0.3 is 10.2 Å². The van der Waals surface area contributed by atoms with Crippen molar-refractivity contribution in [2.45, 2.75) is 64.6 Å². The van der Waals surface area contributed by atoms with Gasteiger partial charge in [0.15, 0.2) is 0 Å². The Morgan fingerprint density at radius 3 is 2.35 bits per heavy atom. The molecule has 1 amide bonds. The van der Waals surface area contributed by atoms with Crippen LogP contribution in [0, 0.1) is 11.7 Å². The highest BCUT2D eigenvalue weighted by molar-refractivity contribution is 5.79. The first kappa shape index (κ1) is 19.2. The first-order valence-electron chi connectivity index (χ1n) is 10.0. The fourth-order valence-electron chi connectivity index (χ4n) is 4.46. The van der Waals surface area contributed by atoms with E-state index < -0.39 is 0 Å². The summed E-state index contributed by atoms with van der Waals surface area (Å²) in [4.78, 5) is 17.5. The van der Waals surface area contributed by atoms with E-state index in [-0.39, 0.29) is 11.7 Å². The molecule has 0 spiro atoms. The van der Waals surface area contributed by atoms with Crippen LogP contribution in [0.5, 0.6) is 0 Å². The molecule has 1 aromatic rings.